The Morgan fingerprint density at radius 2 is 1.93 bits per heavy atom. The van der Waals surface area contributed by atoms with Crippen LogP contribution in [-0.4, -0.2) is 28.1 Å². The summed E-state index contributed by atoms with van der Waals surface area (Å²) in [4.78, 5) is 12.7. The van der Waals surface area contributed by atoms with Gasteiger partial charge in [0.05, 0.1) is 6.61 Å². The minimum absolute atomic E-state index is 0.268. The van der Waals surface area contributed by atoms with E-state index in [1.165, 1.54) is 0 Å². The maximum atomic E-state index is 5.28. The van der Waals surface area contributed by atoms with E-state index in [4.69, 9.17) is 4.74 Å². The molecule has 0 saturated carbocycles. The summed E-state index contributed by atoms with van der Waals surface area (Å²) in [5.74, 6) is 1.61. The number of hydrogen-bond donors (Lipinski definition) is 1. The van der Waals surface area contributed by atoms with Crippen LogP contribution < -0.4 is 10.1 Å². The van der Waals surface area contributed by atoms with Gasteiger partial charge in [-0.3, -0.25) is 0 Å². The molecule has 0 spiro atoms. The van der Waals surface area contributed by atoms with Gasteiger partial charge in [-0.05, 0) is 13.8 Å². The smallest absolute Gasteiger partial charge is 0.321 e. The van der Waals surface area contributed by atoms with E-state index in [1.807, 2.05) is 27.7 Å². The molecule has 0 aromatic carbocycles. The third-order valence-electron chi connectivity index (χ3n) is 1.76. The summed E-state index contributed by atoms with van der Waals surface area (Å²) >= 11 is 0. The molecule has 0 atom stereocenters. The SMILES string of the molecule is CCNc1nc(OCC)nc(C(C)C)n1. The van der Waals surface area contributed by atoms with Gasteiger partial charge in [0, 0.05) is 12.5 Å². The number of nitrogens with zero attached hydrogens (tertiary/aromatic N) is 3. The molecule has 5 heteroatoms. The van der Waals surface area contributed by atoms with Crippen LogP contribution in [-0.2, 0) is 0 Å². The van der Waals surface area contributed by atoms with E-state index in [-0.39, 0.29) is 5.92 Å². The van der Waals surface area contributed by atoms with Crippen LogP contribution in [0.15, 0.2) is 0 Å². The van der Waals surface area contributed by atoms with Gasteiger partial charge in [0.25, 0.3) is 0 Å². The Morgan fingerprint density at radius 1 is 1.20 bits per heavy atom. The second-order valence-electron chi connectivity index (χ2n) is 3.42. The van der Waals surface area contributed by atoms with E-state index in [0.717, 1.165) is 12.4 Å². The van der Waals surface area contributed by atoms with Crippen molar-refractivity contribution in [1.82, 2.24) is 15.0 Å². The van der Waals surface area contributed by atoms with Crippen LogP contribution in [0.5, 0.6) is 6.01 Å². The molecule has 0 fully saturated rings. The molecule has 1 aromatic heterocycles. The summed E-state index contributed by atoms with van der Waals surface area (Å²) in [6.45, 7) is 9.34. The summed E-state index contributed by atoms with van der Waals surface area (Å²) < 4.78 is 5.28. The topological polar surface area (TPSA) is 59.9 Å². The average molecular weight is 210 g/mol. The third-order valence-corrected chi connectivity index (χ3v) is 1.76. The normalized spacial score (nSPS) is 10.5. The molecular formula is C10H18N4O. The molecule has 1 rings (SSSR count). The highest BCUT2D eigenvalue weighted by Crippen LogP contribution is 2.14. The van der Waals surface area contributed by atoms with E-state index in [9.17, 15) is 0 Å². The highest BCUT2D eigenvalue weighted by atomic mass is 16.5. The number of rotatable bonds is 5. The molecule has 0 aliphatic rings. The fraction of sp³-hybridized carbons (Fsp3) is 0.700. The maximum absolute atomic E-state index is 5.28. The Balaban J connectivity index is 2.97. The van der Waals surface area contributed by atoms with E-state index in [2.05, 4.69) is 20.3 Å². The summed E-state index contributed by atoms with van der Waals surface area (Å²) in [5.41, 5.74) is 0. The van der Waals surface area contributed by atoms with Crippen molar-refractivity contribution in [3.8, 4) is 6.01 Å². The van der Waals surface area contributed by atoms with Crippen molar-refractivity contribution in [3.05, 3.63) is 5.82 Å². The quantitative estimate of drug-likeness (QED) is 0.803. The number of nitrogens with one attached hydrogen (secondary N) is 1. The Bertz CT molecular complexity index is 290. The van der Waals surface area contributed by atoms with E-state index in [0.29, 0.717) is 18.6 Å². The summed E-state index contributed by atoms with van der Waals surface area (Å²) in [6, 6.07) is 0.396. The second kappa shape index (κ2) is 5.48. The van der Waals surface area contributed by atoms with Crippen molar-refractivity contribution in [3.63, 3.8) is 0 Å². The Kier molecular flexibility index (Phi) is 4.27. The maximum Gasteiger partial charge on any atom is 0.321 e. The van der Waals surface area contributed by atoms with Crippen LogP contribution in [0.4, 0.5) is 5.95 Å². The van der Waals surface area contributed by atoms with Crippen molar-refractivity contribution in [2.75, 3.05) is 18.5 Å². The molecule has 15 heavy (non-hydrogen) atoms. The van der Waals surface area contributed by atoms with Crippen molar-refractivity contribution >= 4 is 5.95 Å². The van der Waals surface area contributed by atoms with Crippen molar-refractivity contribution in [2.45, 2.75) is 33.6 Å². The zero-order valence-corrected chi connectivity index (χ0v) is 9.74. The molecular weight excluding hydrogens is 192 g/mol. The molecule has 1 heterocycles. The van der Waals surface area contributed by atoms with E-state index in [1.54, 1.807) is 0 Å². The largest absolute Gasteiger partial charge is 0.464 e. The van der Waals surface area contributed by atoms with Gasteiger partial charge in [0.15, 0.2) is 0 Å². The zero-order valence-electron chi connectivity index (χ0n) is 9.74. The van der Waals surface area contributed by atoms with Crippen LogP contribution in [0.3, 0.4) is 0 Å². The van der Waals surface area contributed by atoms with Gasteiger partial charge in [0.2, 0.25) is 5.95 Å². The van der Waals surface area contributed by atoms with Crippen molar-refractivity contribution in [1.29, 1.82) is 0 Å². The molecule has 1 aromatic rings. The molecule has 0 bridgehead atoms. The summed E-state index contributed by atoms with van der Waals surface area (Å²) in [5, 5.41) is 3.06. The van der Waals surface area contributed by atoms with Gasteiger partial charge < -0.3 is 10.1 Å². The standard InChI is InChI=1S/C10H18N4O/c1-5-11-9-12-8(7(3)4)13-10(14-9)15-6-2/h7H,5-6H2,1-4H3,(H,11,12,13,14). The predicted octanol–water partition coefficient (Wildman–Crippen LogP) is 1.83. The molecule has 0 aliphatic carbocycles. The van der Waals surface area contributed by atoms with Gasteiger partial charge in [-0.25, -0.2) is 0 Å². The number of aromatic nitrogens is 3. The first kappa shape index (κ1) is 11.7. The van der Waals surface area contributed by atoms with Crippen LogP contribution in [0.1, 0.15) is 39.4 Å². The van der Waals surface area contributed by atoms with E-state index >= 15 is 0 Å². The van der Waals surface area contributed by atoms with Gasteiger partial charge in [-0.15, -0.1) is 0 Å². The Hall–Kier alpha value is -1.39. The monoisotopic (exact) mass is 210 g/mol. The van der Waals surface area contributed by atoms with Crippen molar-refractivity contribution < 1.29 is 4.74 Å². The van der Waals surface area contributed by atoms with Gasteiger partial charge >= 0.3 is 6.01 Å². The predicted molar refractivity (Wildman–Crippen MR) is 59.2 cm³/mol. The Morgan fingerprint density at radius 3 is 2.47 bits per heavy atom. The van der Waals surface area contributed by atoms with Crippen LogP contribution in [0, 0.1) is 0 Å². The minimum Gasteiger partial charge on any atom is -0.464 e. The van der Waals surface area contributed by atoms with Crippen LogP contribution >= 0.6 is 0 Å². The third kappa shape index (κ3) is 3.34. The lowest BCUT2D eigenvalue weighted by molar-refractivity contribution is 0.309. The first-order chi connectivity index (χ1) is 7.17. The first-order valence-corrected chi connectivity index (χ1v) is 5.30. The second-order valence-corrected chi connectivity index (χ2v) is 3.42. The number of ether oxygens (including phenoxy) is 1. The fourth-order valence-electron chi connectivity index (χ4n) is 1.06. The van der Waals surface area contributed by atoms with Gasteiger partial charge in [-0.2, -0.15) is 15.0 Å². The molecule has 0 aliphatic heterocycles. The molecule has 0 radical (unpaired) electrons. The highest BCUT2D eigenvalue weighted by Gasteiger charge is 2.09. The first-order valence-electron chi connectivity index (χ1n) is 5.30. The molecule has 5 nitrogen and oxygen atoms in total. The molecule has 84 valence electrons. The average Bonchev–Trinajstić information content (AvgIpc) is 2.18. The fourth-order valence-corrected chi connectivity index (χ4v) is 1.06. The molecule has 0 unspecified atom stereocenters. The lowest BCUT2D eigenvalue weighted by Gasteiger charge is -2.09. The minimum atomic E-state index is 0.268. The molecule has 0 amide bonds. The summed E-state index contributed by atoms with van der Waals surface area (Å²) in [7, 11) is 0. The zero-order chi connectivity index (χ0) is 11.3. The summed E-state index contributed by atoms with van der Waals surface area (Å²) in [6.07, 6.45) is 0. The highest BCUT2D eigenvalue weighted by molar-refractivity contribution is 5.26. The van der Waals surface area contributed by atoms with Gasteiger partial charge in [0.1, 0.15) is 5.82 Å². The lowest BCUT2D eigenvalue weighted by Crippen LogP contribution is -2.09. The van der Waals surface area contributed by atoms with Crippen LogP contribution in [0.25, 0.3) is 0 Å². The van der Waals surface area contributed by atoms with Gasteiger partial charge in [-0.1, -0.05) is 13.8 Å². The van der Waals surface area contributed by atoms with E-state index < -0.39 is 0 Å². The van der Waals surface area contributed by atoms with Crippen LogP contribution in [0.2, 0.25) is 0 Å². The Labute approximate surface area is 90.3 Å². The van der Waals surface area contributed by atoms with Crippen molar-refractivity contribution in [2.24, 2.45) is 0 Å². The number of hydrogen-bond acceptors (Lipinski definition) is 5. The molecule has 1 N–H and O–H groups in total. The molecule has 0 saturated heterocycles. The number of anilines is 1. The lowest BCUT2D eigenvalue weighted by atomic mass is 10.2.